The molecule has 4 unspecified atom stereocenters. The van der Waals surface area contributed by atoms with Crippen molar-refractivity contribution >= 4 is 5.91 Å². The van der Waals surface area contributed by atoms with E-state index >= 15 is 0 Å². The van der Waals surface area contributed by atoms with Gasteiger partial charge in [0.05, 0.1) is 12.2 Å². The molecule has 1 heterocycles. The van der Waals surface area contributed by atoms with Gasteiger partial charge in [0.25, 0.3) is 0 Å². The van der Waals surface area contributed by atoms with E-state index in [9.17, 15) is 4.79 Å². The monoisotopic (exact) mass is 238 g/mol. The average molecular weight is 238 g/mol. The minimum Gasteiger partial charge on any atom is -0.325 e. The standard InChI is InChI=1S/C14H26N2O/c1-5-12-14(17)16(8-11-7-10(11)4)13(15-12)6-9(2)3/h9-13,15H,5-8H2,1-4H3. The van der Waals surface area contributed by atoms with Crippen LogP contribution in [0.2, 0.25) is 0 Å². The van der Waals surface area contributed by atoms with E-state index in [4.69, 9.17) is 0 Å². The van der Waals surface area contributed by atoms with Crippen molar-refractivity contribution in [3.05, 3.63) is 0 Å². The zero-order valence-corrected chi connectivity index (χ0v) is 11.6. The Balaban J connectivity index is 1.99. The third-order valence-corrected chi connectivity index (χ3v) is 4.16. The lowest BCUT2D eigenvalue weighted by Gasteiger charge is -2.25. The van der Waals surface area contributed by atoms with E-state index in [2.05, 4.69) is 37.9 Å². The molecule has 0 spiro atoms. The van der Waals surface area contributed by atoms with E-state index in [0.717, 1.165) is 31.2 Å². The Morgan fingerprint density at radius 3 is 2.59 bits per heavy atom. The number of nitrogens with zero attached hydrogens (tertiary/aromatic N) is 1. The van der Waals surface area contributed by atoms with Gasteiger partial charge in [-0.05, 0) is 37.0 Å². The molecule has 1 N–H and O–H groups in total. The van der Waals surface area contributed by atoms with Crippen LogP contribution in [0.4, 0.5) is 0 Å². The molecule has 1 amide bonds. The summed E-state index contributed by atoms with van der Waals surface area (Å²) in [6, 6.07) is 0.0628. The number of nitrogens with one attached hydrogen (secondary N) is 1. The molecule has 0 bridgehead atoms. The Bertz CT molecular complexity index is 290. The summed E-state index contributed by atoms with van der Waals surface area (Å²) < 4.78 is 0. The summed E-state index contributed by atoms with van der Waals surface area (Å²) in [5.74, 6) is 2.54. The number of amides is 1. The third kappa shape index (κ3) is 2.82. The first-order valence-corrected chi connectivity index (χ1v) is 7.09. The SMILES string of the molecule is CCC1NC(CC(C)C)N(CC2CC2C)C1=O. The Morgan fingerprint density at radius 2 is 2.12 bits per heavy atom. The lowest BCUT2D eigenvalue weighted by Crippen LogP contribution is -2.39. The van der Waals surface area contributed by atoms with E-state index in [0.29, 0.717) is 11.8 Å². The fourth-order valence-electron chi connectivity index (χ4n) is 2.80. The van der Waals surface area contributed by atoms with Crippen LogP contribution >= 0.6 is 0 Å². The van der Waals surface area contributed by atoms with Crippen LogP contribution in [-0.2, 0) is 4.79 Å². The smallest absolute Gasteiger partial charge is 0.241 e. The van der Waals surface area contributed by atoms with Crippen LogP contribution in [0, 0.1) is 17.8 Å². The number of rotatable bonds is 5. The zero-order valence-electron chi connectivity index (χ0n) is 11.6. The van der Waals surface area contributed by atoms with Crippen LogP contribution in [-0.4, -0.2) is 29.6 Å². The minimum atomic E-state index is 0.0628. The molecule has 98 valence electrons. The fourth-order valence-corrected chi connectivity index (χ4v) is 2.80. The molecule has 1 saturated heterocycles. The van der Waals surface area contributed by atoms with Crippen LogP contribution in [0.5, 0.6) is 0 Å². The Hall–Kier alpha value is -0.570. The molecule has 1 aliphatic carbocycles. The van der Waals surface area contributed by atoms with Crippen molar-refractivity contribution in [2.45, 2.75) is 59.2 Å². The van der Waals surface area contributed by atoms with Gasteiger partial charge in [-0.2, -0.15) is 0 Å². The van der Waals surface area contributed by atoms with Gasteiger partial charge in [-0.15, -0.1) is 0 Å². The summed E-state index contributed by atoms with van der Waals surface area (Å²) in [6.45, 7) is 9.80. The molecule has 0 aromatic carbocycles. The molecule has 0 aromatic rings. The summed E-state index contributed by atoms with van der Waals surface area (Å²) in [4.78, 5) is 14.4. The molecule has 0 radical (unpaired) electrons. The maximum Gasteiger partial charge on any atom is 0.241 e. The highest BCUT2D eigenvalue weighted by atomic mass is 16.2. The van der Waals surface area contributed by atoms with Crippen molar-refractivity contribution in [2.24, 2.45) is 17.8 Å². The molecule has 4 atom stereocenters. The first-order valence-electron chi connectivity index (χ1n) is 7.09. The van der Waals surface area contributed by atoms with E-state index < -0.39 is 0 Å². The summed E-state index contributed by atoms with van der Waals surface area (Å²) in [5.41, 5.74) is 0. The van der Waals surface area contributed by atoms with Crippen LogP contribution in [0.15, 0.2) is 0 Å². The second kappa shape index (κ2) is 4.97. The highest BCUT2D eigenvalue weighted by Crippen LogP contribution is 2.39. The van der Waals surface area contributed by atoms with Gasteiger partial charge in [-0.3, -0.25) is 10.1 Å². The van der Waals surface area contributed by atoms with E-state index in [-0.39, 0.29) is 12.2 Å². The zero-order chi connectivity index (χ0) is 12.6. The number of hydrogen-bond donors (Lipinski definition) is 1. The van der Waals surface area contributed by atoms with Gasteiger partial charge in [-0.1, -0.05) is 27.7 Å². The summed E-state index contributed by atoms with van der Waals surface area (Å²) in [5, 5.41) is 3.50. The Labute approximate surface area is 105 Å². The van der Waals surface area contributed by atoms with E-state index in [1.54, 1.807) is 0 Å². The molecule has 2 aliphatic rings. The van der Waals surface area contributed by atoms with Gasteiger partial charge in [-0.25, -0.2) is 0 Å². The molecule has 3 heteroatoms. The molecular weight excluding hydrogens is 212 g/mol. The van der Waals surface area contributed by atoms with Crippen molar-refractivity contribution < 1.29 is 4.79 Å². The lowest BCUT2D eigenvalue weighted by atomic mass is 10.1. The molecule has 3 nitrogen and oxygen atoms in total. The molecule has 17 heavy (non-hydrogen) atoms. The van der Waals surface area contributed by atoms with Crippen molar-refractivity contribution in [2.75, 3.05) is 6.54 Å². The predicted molar refractivity (Wildman–Crippen MR) is 69.4 cm³/mol. The van der Waals surface area contributed by atoms with Crippen molar-refractivity contribution in [1.82, 2.24) is 10.2 Å². The quantitative estimate of drug-likeness (QED) is 0.796. The number of carbonyl (C=O) groups excluding carboxylic acids is 1. The van der Waals surface area contributed by atoms with Gasteiger partial charge in [0.15, 0.2) is 0 Å². The van der Waals surface area contributed by atoms with Gasteiger partial charge in [0, 0.05) is 6.54 Å². The average Bonchev–Trinajstić information content (AvgIpc) is 2.87. The van der Waals surface area contributed by atoms with Crippen LogP contribution in [0.3, 0.4) is 0 Å². The highest BCUT2D eigenvalue weighted by molar-refractivity contribution is 5.84. The highest BCUT2D eigenvalue weighted by Gasteiger charge is 2.42. The number of hydrogen-bond acceptors (Lipinski definition) is 2. The summed E-state index contributed by atoms with van der Waals surface area (Å²) in [6.07, 6.45) is 3.56. The first-order chi connectivity index (χ1) is 8.02. The van der Waals surface area contributed by atoms with Crippen LogP contribution in [0.1, 0.15) is 47.0 Å². The first kappa shape index (κ1) is 12.9. The van der Waals surface area contributed by atoms with E-state index in [1.807, 2.05) is 0 Å². The second-order valence-corrected chi connectivity index (χ2v) is 6.24. The molecular formula is C14H26N2O. The Kier molecular flexibility index (Phi) is 3.76. The van der Waals surface area contributed by atoms with Gasteiger partial charge in [0.2, 0.25) is 5.91 Å². The Morgan fingerprint density at radius 1 is 1.47 bits per heavy atom. The van der Waals surface area contributed by atoms with Crippen LogP contribution < -0.4 is 5.32 Å². The molecule has 1 aliphatic heterocycles. The molecule has 2 rings (SSSR count). The van der Waals surface area contributed by atoms with Gasteiger partial charge >= 0.3 is 0 Å². The molecule has 2 fully saturated rings. The summed E-state index contributed by atoms with van der Waals surface area (Å²) >= 11 is 0. The summed E-state index contributed by atoms with van der Waals surface area (Å²) in [7, 11) is 0. The predicted octanol–water partition coefficient (Wildman–Crippen LogP) is 2.22. The van der Waals surface area contributed by atoms with Gasteiger partial charge in [0.1, 0.15) is 0 Å². The molecule has 0 aromatic heterocycles. The van der Waals surface area contributed by atoms with Crippen molar-refractivity contribution in [1.29, 1.82) is 0 Å². The normalized spacial score (nSPS) is 37.0. The van der Waals surface area contributed by atoms with E-state index in [1.165, 1.54) is 6.42 Å². The third-order valence-electron chi connectivity index (χ3n) is 4.16. The molecule has 1 saturated carbocycles. The van der Waals surface area contributed by atoms with Crippen LogP contribution in [0.25, 0.3) is 0 Å². The number of carbonyl (C=O) groups is 1. The van der Waals surface area contributed by atoms with Gasteiger partial charge < -0.3 is 4.90 Å². The topological polar surface area (TPSA) is 32.3 Å². The largest absolute Gasteiger partial charge is 0.325 e. The minimum absolute atomic E-state index is 0.0628. The fraction of sp³-hybridized carbons (Fsp3) is 0.929. The second-order valence-electron chi connectivity index (χ2n) is 6.24. The van der Waals surface area contributed by atoms with Crippen molar-refractivity contribution in [3.63, 3.8) is 0 Å². The lowest BCUT2D eigenvalue weighted by molar-refractivity contribution is -0.130. The van der Waals surface area contributed by atoms with Crippen molar-refractivity contribution in [3.8, 4) is 0 Å². The maximum absolute atomic E-state index is 12.3. The maximum atomic E-state index is 12.3.